The lowest BCUT2D eigenvalue weighted by Gasteiger charge is -2.34. The third kappa shape index (κ3) is 4.97. The van der Waals surface area contributed by atoms with Crippen molar-refractivity contribution in [1.82, 2.24) is 4.90 Å². The van der Waals surface area contributed by atoms with E-state index >= 15 is 0 Å². The van der Waals surface area contributed by atoms with E-state index in [1.807, 2.05) is 6.07 Å². The van der Waals surface area contributed by atoms with Gasteiger partial charge >= 0.3 is 18.0 Å². The number of carboxylic acid groups (broad SMARTS) is 2. The van der Waals surface area contributed by atoms with Crippen molar-refractivity contribution >= 4 is 18.0 Å². The van der Waals surface area contributed by atoms with Gasteiger partial charge < -0.3 is 14.9 Å². The predicted octanol–water partition coefficient (Wildman–Crippen LogP) is 2.60. The lowest BCUT2D eigenvalue weighted by molar-refractivity contribution is -0.150. The molecule has 0 aliphatic carbocycles. The zero-order chi connectivity index (χ0) is 18.3. The fourth-order valence-electron chi connectivity index (χ4n) is 2.29. The topological polar surface area (TPSA) is 104 Å². The number of carbonyl (C=O) groups excluding carboxylic acids is 1. The van der Waals surface area contributed by atoms with Crippen LogP contribution < -0.4 is 0 Å². The van der Waals surface area contributed by atoms with E-state index in [0.717, 1.165) is 10.5 Å². The van der Waals surface area contributed by atoms with Crippen LogP contribution in [0.15, 0.2) is 30.3 Å². The van der Waals surface area contributed by atoms with Gasteiger partial charge in [0.1, 0.15) is 18.7 Å². The van der Waals surface area contributed by atoms with Gasteiger partial charge in [0.2, 0.25) is 0 Å². The molecule has 1 aromatic carbocycles. The van der Waals surface area contributed by atoms with Crippen molar-refractivity contribution in [3.05, 3.63) is 35.9 Å². The van der Waals surface area contributed by atoms with Gasteiger partial charge in [0.25, 0.3) is 0 Å². The average molecular weight is 337 g/mol. The molecular weight excluding hydrogens is 314 g/mol. The maximum atomic E-state index is 12.4. The maximum absolute atomic E-state index is 12.4. The number of rotatable bonds is 8. The minimum atomic E-state index is -1.32. The SMILES string of the molecule is CC[C@H](C)[C@@H](C(=O)O)N(C(=O)OCc1ccccc1)C(C)C(=O)O. The van der Waals surface area contributed by atoms with Crippen molar-refractivity contribution < 1.29 is 29.3 Å². The Kier molecular flexibility index (Phi) is 7.23. The Morgan fingerprint density at radius 3 is 2.12 bits per heavy atom. The molecule has 1 aromatic rings. The number of hydrogen-bond donors (Lipinski definition) is 2. The molecule has 0 aliphatic rings. The van der Waals surface area contributed by atoms with Crippen LogP contribution in [0.1, 0.15) is 32.8 Å². The molecule has 7 nitrogen and oxygen atoms in total. The van der Waals surface area contributed by atoms with E-state index in [9.17, 15) is 24.6 Å². The summed E-state index contributed by atoms with van der Waals surface area (Å²) in [5.41, 5.74) is 0.726. The zero-order valence-corrected chi connectivity index (χ0v) is 14.0. The third-order valence-electron chi connectivity index (χ3n) is 3.93. The number of carboxylic acids is 2. The Morgan fingerprint density at radius 1 is 1.08 bits per heavy atom. The van der Waals surface area contributed by atoms with Gasteiger partial charge in [-0.15, -0.1) is 0 Å². The first-order valence-corrected chi connectivity index (χ1v) is 7.74. The van der Waals surface area contributed by atoms with Crippen LogP contribution in [0.2, 0.25) is 0 Å². The number of amides is 1. The molecule has 132 valence electrons. The summed E-state index contributed by atoms with van der Waals surface area (Å²) in [6.45, 7) is 4.64. The monoisotopic (exact) mass is 337 g/mol. The Labute approximate surface area is 140 Å². The Balaban J connectivity index is 3.01. The molecule has 0 saturated heterocycles. The van der Waals surface area contributed by atoms with Crippen LogP contribution in [0.25, 0.3) is 0 Å². The molecule has 0 fully saturated rings. The zero-order valence-electron chi connectivity index (χ0n) is 14.0. The molecule has 1 amide bonds. The van der Waals surface area contributed by atoms with E-state index in [-0.39, 0.29) is 6.61 Å². The number of carbonyl (C=O) groups is 3. The standard InChI is InChI=1S/C17H23NO6/c1-4-11(2)14(16(21)22)18(12(3)15(19)20)17(23)24-10-13-8-6-5-7-9-13/h5-9,11-12,14H,4,10H2,1-3H3,(H,19,20)(H,21,22)/t11-,12?,14-/m0/s1. The number of ether oxygens (including phenoxy) is 1. The second-order valence-corrected chi connectivity index (χ2v) is 5.63. The van der Waals surface area contributed by atoms with Crippen LogP contribution in [0, 0.1) is 5.92 Å². The average Bonchev–Trinajstić information content (AvgIpc) is 2.56. The molecule has 0 spiro atoms. The molecule has 1 rings (SSSR count). The van der Waals surface area contributed by atoms with E-state index in [1.54, 1.807) is 38.1 Å². The molecule has 2 N–H and O–H groups in total. The highest BCUT2D eigenvalue weighted by molar-refractivity contribution is 5.85. The predicted molar refractivity (Wildman–Crippen MR) is 86.4 cm³/mol. The number of aliphatic carboxylic acids is 2. The number of hydrogen-bond acceptors (Lipinski definition) is 4. The number of nitrogens with zero attached hydrogens (tertiary/aromatic N) is 1. The third-order valence-corrected chi connectivity index (χ3v) is 3.93. The lowest BCUT2D eigenvalue weighted by Crippen LogP contribution is -2.55. The van der Waals surface area contributed by atoms with Gasteiger partial charge in [0.15, 0.2) is 0 Å². The summed E-state index contributed by atoms with van der Waals surface area (Å²) < 4.78 is 5.15. The highest BCUT2D eigenvalue weighted by atomic mass is 16.6. The smallest absolute Gasteiger partial charge is 0.411 e. The van der Waals surface area contributed by atoms with Crippen molar-refractivity contribution in [2.45, 2.75) is 45.9 Å². The van der Waals surface area contributed by atoms with Crippen molar-refractivity contribution in [3.8, 4) is 0 Å². The van der Waals surface area contributed by atoms with E-state index in [2.05, 4.69) is 0 Å². The highest BCUT2D eigenvalue weighted by Crippen LogP contribution is 2.20. The summed E-state index contributed by atoms with van der Waals surface area (Å²) in [7, 11) is 0. The molecule has 0 aliphatic heterocycles. The van der Waals surface area contributed by atoms with Crippen molar-refractivity contribution in [2.24, 2.45) is 5.92 Å². The Morgan fingerprint density at radius 2 is 1.67 bits per heavy atom. The molecule has 0 heterocycles. The van der Waals surface area contributed by atoms with Crippen molar-refractivity contribution in [1.29, 1.82) is 0 Å². The molecule has 0 saturated carbocycles. The molecule has 0 aromatic heterocycles. The number of benzene rings is 1. The second kappa shape index (κ2) is 8.90. The quantitative estimate of drug-likeness (QED) is 0.755. The maximum Gasteiger partial charge on any atom is 0.411 e. The first-order valence-electron chi connectivity index (χ1n) is 7.74. The van der Waals surface area contributed by atoms with Gasteiger partial charge in [0.05, 0.1) is 0 Å². The molecule has 1 unspecified atom stereocenters. The summed E-state index contributed by atoms with van der Waals surface area (Å²) in [6.07, 6.45) is -0.479. The van der Waals surface area contributed by atoms with Crippen LogP contribution in [0.5, 0.6) is 0 Å². The molecule has 7 heteroatoms. The fraction of sp³-hybridized carbons (Fsp3) is 0.471. The Hall–Kier alpha value is -2.57. The van der Waals surface area contributed by atoms with Crippen LogP contribution in [-0.4, -0.2) is 45.2 Å². The fourth-order valence-corrected chi connectivity index (χ4v) is 2.29. The highest BCUT2D eigenvalue weighted by Gasteiger charge is 2.40. The summed E-state index contributed by atoms with van der Waals surface area (Å²) in [6, 6.07) is 6.28. The first kappa shape index (κ1) is 19.5. The van der Waals surface area contributed by atoms with Gasteiger partial charge in [-0.05, 0) is 18.4 Å². The minimum absolute atomic E-state index is 0.0602. The van der Waals surface area contributed by atoms with Crippen LogP contribution in [0.3, 0.4) is 0 Å². The molecule has 3 atom stereocenters. The minimum Gasteiger partial charge on any atom is -0.480 e. The van der Waals surface area contributed by atoms with Crippen LogP contribution >= 0.6 is 0 Å². The molecule has 0 bridgehead atoms. The lowest BCUT2D eigenvalue weighted by atomic mass is 9.96. The van der Waals surface area contributed by atoms with E-state index in [1.165, 1.54) is 6.92 Å². The largest absolute Gasteiger partial charge is 0.480 e. The van der Waals surface area contributed by atoms with Crippen molar-refractivity contribution in [2.75, 3.05) is 0 Å². The molecule has 24 heavy (non-hydrogen) atoms. The summed E-state index contributed by atoms with van der Waals surface area (Å²) in [5, 5.41) is 18.7. The van der Waals surface area contributed by atoms with Gasteiger partial charge in [0, 0.05) is 0 Å². The van der Waals surface area contributed by atoms with Crippen LogP contribution in [-0.2, 0) is 20.9 Å². The molecule has 0 radical (unpaired) electrons. The Bertz CT molecular complexity index is 574. The van der Waals surface area contributed by atoms with Gasteiger partial charge in [-0.2, -0.15) is 0 Å². The first-order chi connectivity index (χ1) is 11.3. The van der Waals surface area contributed by atoms with E-state index < -0.39 is 36.0 Å². The van der Waals surface area contributed by atoms with E-state index in [0.29, 0.717) is 6.42 Å². The summed E-state index contributed by atoms with van der Waals surface area (Å²) in [5.74, 6) is -2.97. The summed E-state index contributed by atoms with van der Waals surface area (Å²) in [4.78, 5) is 36.1. The van der Waals surface area contributed by atoms with Gasteiger partial charge in [-0.1, -0.05) is 50.6 Å². The van der Waals surface area contributed by atoms with Crippen molar-refractivity contribution in [3.63, 3.8) is 0 Å². The van der Waals surface area contributed by atoms with E-state index in [4.69, 9.17) is 4.74 Å². The van der Waals surface area contributed by atoms with Gasteiger partial charge in [-0.3, -0.25) is 4.90 Å². The van der Waals surface area contributed by atoms with Gasteiger partial charge in [-0.25, -0.2) is 14.4 Å². The van der Waals surface area contributed by atoms with Crippen LogP contribution in [0.4, 0.5) is 4.79 Å². The second-order valence-electron chi connectivity index (χ2n) is 5.63. The summed E-state index contributed by atoms with van der Waals surface area (Å²) >= 11 is 0. The normalized spacial score (nSPS) is 14.3. The molecular formula is C17H23NO6.